The summed E-state index contributed by atoms with van der Waals surface area (Å²) in [5, 5.41) is 14.5. The Balaban J connectivity index is 2.50. The van der Waals surface area contributed by atoms with Crippen molar-refractivity contribution in [2.24, 2.45) is 0 Å². The predicted molar refractivity (Wildman–Crippen MR) is 74.0 cm³/mol. The summed E-state index contributed by atoms with van der Waals surface area (Å²) in [6.45, 7) is 3.66. The first kappa shape index (κ1) is 15.2. The van der Waals surface area contributed by atoms with Gasteiger partial charge in [-0.2, -0.15) is 0 Å². The van der Waals surface area contributed by atoms with Gasteiger partial charge in [0, 0.05) is 24.7 Å². The van der Waals surface area contributed by atoms with E-state index in [9.17, 15) is 9.59 Å². The van der Waals surface area contributed by atoms with Gasteiger partial charge in [0.1, 0.15) is 0 Å². The molecule has 0 saturated heterocycles. The van der Waals surface area contributed by atoms with E-state index < -0.39 is 0 Å². The quantitative estimate of drug-likeness (QED) is 0.682. The van der Waals surface area contributed by atoms with Gasteiger partial charge in [-0.3, -0.25) is 9.59 Å². The van der Waals surface area contributed by atoms with Crippen molar-refractivity contribution < 1.29 is 14.7 Å². The number of hydrogen-bond donors (Lipinski definition) is 3. The highest BCUT2D eigenvalue weighted by atomic mass is 16.3. The molecule has 0 fully saturated rings. The van der Waals surface area contributed by atoms with Crippen molar-refractivity contribution in [2.45, 2.75) is 32.8 Å². The molecule has 0 aromatic heterocycles. The van der Waals surface area contributed by atoms with Crippen molar-refractivity contribution in [1.29, 1.82) is 0 Å². The van der Waals surface area contributed by atoms with Crippen molar-refractivity contribution in [3.63, 3.8) is 0 Å². The molecule has 1 aromatic rings. The van der Waals surface area contributed by atoms with Crippen LogP contribution < -0.4 is 10.6 Å². The van der Waals surface area contributed by atoms with Crippen molar-refractivity contribution in [3.05, 3.63) is 29.8 Å². The van der Waals surface area contributed by atoms with Gasteiger partial charge < -0.3 is 15.7 Å². The molecule has 0 heterocycles. The van der Waals surface area contributed by atoms with E-state index in [1.54, 1.807) is 31.2 Å². The molecule has 0 saturated carbocycles. The van der Waals surface area contributed by atoms with E-state index in [1.165, 1.54) is 6.92 Å². The molecule has 0 radical (unpaired) electrons. The summed E-state index contributed by atoms with van der Waals surface area (Å²) in [4.78, 5) is 22.8. The third-order valence-corrected chi connectivity index (χ3v) is 2.53. The minimum atomic E-state index is -0.347. The van der Waals surface area contributed by atoms with Crippen LogP contribution in [0, 0.1) is 0 Å². The number of anilines is 1. The van der Waals surface area contributed by atoms with E-state index in [0.29, 0.717) is 24.2 Å². The topological polar surface area (TPSA) is 78.4 Å². The average Bonchev–Trinajstić information content (AvgIpc) is 2.33. The Kier molecular flexibility index (Phi) is 6.02. The molecule has 19 heavy (non-hydrogen) atoms. The molecule has 1 rings (SSSR count). The standard InChI is InChI=1S/C14H20N2O3/c1-10(17)5-4-8-15-14(19)12-6-3-7-13(9-12)16-11(2)18/h3,6-7,9-10,17H,4-5,8H2,1-2H3,(H,15,19)(H,16,18). The molecular formula is C14H20N2O3. The number of nitrogens with one attached hydrogen (secondary N) is 2. The number of rotatable bonds is 6. The smallest absolute Gasteiger partial charge is 0.251 e. The second-order valence-electron chi connectivity index (χ2n) is 4.51. The fraction of sp³-hybridized carbons (Fsp3) is 0.429. The van der Waals surface area contributed by atoms with Crippen LogP contribution in [0.3, 0.4) is 0 Å². The molecule has 0 spiro atoms. The minimum Gasteiger partial charge on any atom is -0.393 e. The molecule has 3 N–H and O–H groups in total. The average molecular weight is 264 g/mol. The van der Waals surface area contributed by atoms with E-state index in [0.717, 1.165) is 6.42 Å². The normalized spacial score (nSPS) is 11.7. The Hall–Kier alpha value is -1.88. The molecule has 0 aliphatic carbocycles. The summed E-state index contributed by atoms with van der Waals surface area (Å²) in [6, 6.07) is 6.77. The molecule has 1 atom stereocenters. The molecule has 0 aliphatic heterocycles. The molecular weight excluding hydrogens is 244 g/mol. The molecule has 5 heteroatoms. The maximum absolute atomic E-state index is 11.8. The molecule has 1 unspecified atom stereocenters. The lowest BCUT2D eigenvalue weighted by Crippen LogP contribution is -2.25. The summed E-state index contributed by atoms with van der Waals surface area (Å²) < 4.78 is 0. The monoisotopic (exact) mass is 264 g/mol. The van der Waals surface area contributed by atoms with Gasteiger partial charge in [0.15, 0.2) is 0 Å². The van der Waals surface area contributed by atoms with Crippen molar-refractivity contribution in [1.82, 2.24) is 5.32 Å². The highest BCUT2D eigenvalue weighted by Crippen LogP contribution is 2.10. The lowest BCUT2D eigenvalue weighted by atomic mass is 10.1. The Morgan fingerprint density at radius 1 is 1.37 bits per heavy atom. The zero-order chi connectivity index (χ0) is 14.3. The van der Waals surface area contributed by atoms with E-state index in [4.69, 9.17) is 5.11 Å². The Labute approximate surface area is 113 Å². The Bertz CT molecular complexity index is 444. The van der Waals surface area contributed by atoms with Crippen LogP contribution >= 0.6 is 0 Å². The Morgan fingerprint density at radius 2 is 2.11 bits per heavy atom. The van der Waals surface area contributed by atoms with Crippen LogP contribution in [0.4, 0.5) is 5.69 Å². The molecule has 5 nitrogen and oxygen atoms in total. The largest absolute Gasteiger partial charge is 0.393 e. The summed E-state index contributed by atoms with van der Waals surface area (Å²) >= 11 is 0. The van der Waals surface area contributed by atoms with E-state index in [1.807, 2.05) is 0 Å². The minimum absolute atomic E-state index is 0.172. The first-order valence-electron chi connectivity index (χ1n) is 6.33. The van der Waals surface area contributed by atoms with Crippen LogP contribution in [0.1, 0.15) is 37.0 Å². The number of hydrogen-bond acceptors (Lipinski definition) is 3. The maximum Gasteiger partial charge on any atom is 0.251 e. The van der Waals surface area contributed by atoms with Crippen molar-refractivity contribution in [2.75, 3.05) is 11.9 Å². The van der Waals surface area contributed by atoms with E-state index >= 15 is 0 Å². The van der Waals surface area contributed by atoms with Gasteiger partial charge in [-0.25, -0.2) is 0 Å². The predicted octanol–water partition coefficient (Wildman–Crippen LogP) is 1.54. The van der Waals surface area contributed by atoms with Crippen LogP contribution in [0.2, 0.25) is 0 Å². The number of amides is 2. The van der Waals surface area contributed by atoms with Crippen LogP contribution in [0.25, 0.3) is 0 Å². The third-order valence-electron chi connectivity index (χ3n) is 2.53. The second-order valence-corrected chi connectivity index (χ2v) is 4.51. The maximum atomic E-state index is 11.8. The molecule has 0 bridgehead atoms. The zero-order valence-corrected chi connectivity index (χ0v) is 11.3. The number of carbonyl (C=O) groups is 2. The number of aliphatic hydroxyl groups is 1. The number of aliphatic hydroxyl groups excluding tert-OH is 1. The summed E-state index contributed by atoms with van der Waals surface area (Å²) in [5.41, 5.74) is 1.10. The summed E-state index contributed by atoms with van der Waals surface area (Å²) in [5.74, 6) is -0.354. The van der Waals surface area contributed by atoms with Gasteiger partial charge in [0.2, 0.25) is 5.91 Å². The van der Waals surface area contributed by atoms with E-state index in [-0.39, 0.29) is 17.9 Å². The van der Waals surface area contributed by atoms with Gasteiger partial charge in [-0.05, 0) is 38.0 Å². The first-order chi connectivity index (χ1) is 8.99. The molecule has 1 aromatic carbocycles. The van der Waals surface area contributed by atoms with Crippen molar-refractivity contribution in [3.8, 4) is 0 Å². The highest BCUT2D eigenvalue weighted by Gasteiger charge is 2.06. The van der Waals surface area contributed by atoms with Crippen molar-refractivity contribution >= 4 is 17.5 Å². The molecule has 104 valence electrons. The summed E-state index contributed by atoms with van der Waals surface area (Å²) in [7, 11) is 0. The highest BCUT2D eigenvalue weighted by molar-refractivity contribution is 5.96. The number of benzene rings is 1. The van der Waals surface area contributed by atoms with Gasteiger partial charge >= 0.3 is 0 Å². The second kappa shape index (κ2) is 7.53. The molecule has 2 amide bonds. The lowest BCUT2D eigenvalue weighted by Gasteiger charge is -2.08. The SMILES string of the molecule is CC(=O)Nc1cccc(C(=O)NCCCC(C)O)c1. The first-order valence-corrected chi connectivity index (χ1v) is 6.33. The van der Waals surface area contributed by atoms with Crippen LogP contribution in [0.5, 0.6) is 0 Å². The third kappa shape index (κ3) is 6.01. The summed E-state index contributed by atoms with van der Waals surface area (Å²) in [6.07, 6.45) is 1.04. The molecule has 0 aliphatic rings. The Morgan fingerprint density at radius 3 is 2.74 bits per heavy atom. The van der Waals surface area contributed by atoms with Crippen LogP contribution in [0.15, 0.2) is 24.3 Å². The number of carbonyl (C=O) groups excluding carboxylic acids is 2. The fourth-order valence-electron chi connectivity index (χ4n) is 1.64. The van der Waals surface area contributed by atoms with Gasteiger partial charge in [-0.15, -0.1) is 0 Å². The van der Waals surface area contributed by atoms with Crippen LogP contribution in [-0.4, -0.2) is 29.6 Å². The van der Waals surface area contributed by atoms with Gasteiger partial charge in [0.05, 0.1) is 6.10 Å². The lowest BCUT2D eigenvalue weighted by molar-refractivity contribution is -0.114. The fourth-order valence-corrected chi connectivity index (χ4v) is 1.64. The van der Waals surface area contributed by atoms with Gasteiger partial charge in [0.25, 0.3) is 5.91 Å². The van der Waals surface area contributed by atoms with Crippen LogP contribution in [-0.2, 0) is 4.79 Å². The van der Waals surface area contributed by atoms with Gasteiger partial charge in [-0.1, -0.05) is 6.07 Å². The zero-order valence-electron chi connectivity index (χ0n) is 11.3. The van der Waals surface area contributed by atoms with E-state index in [2.05, 4.69) is 10.6 Å².